The Balaban J connectivity index is 2.45. The molecule has 1 heterocycles. The largest absolute Gasteiger partial charge is 0.306 e. The van der Waals surface area contributed by atoms with Crippen LogP contribution in [-0.2, 0) is 0 Å². The zero-order valence-electron chi connectivity index (χ0n) is 11.0. The molecule has 2 aromatic rings. The van der Waals surface area contributed by atoms with E-state index < -0.39 is 0 Å². The number of rotatable bonds is 4. The van der Waals surface area contributed by atoms with Gasteiger partial charge in [0.25, 0.3) is 0 Å². The van der Waals surface area contributed by atoms with Crippen molar-refractivity contribution in [3.05, 3.63) is 62.8 Å². The summed E-state index contributed by atoms with van der Waals surface area (Å²) in [5, 5.41) is 4.21. The van der Waals surface area contributed by atoms with E-state index in [2.05, 4.69) is 46.1 Å². The lowest BCUT2D eigenvalue weighted by atomic mass is 9.97. The molecule has 2 nitrogen and oxygen atoms in total. The predicted molar refractivity (Wildman–Crippen MR) is 83.6 cm³/mol. The second kappa shape index (κ2) is 6.51. The van der Waals surface area contributed by atoms with Gasteiger partial charge in [-0.3, -0.25) is 4.98 Å². The number of pyridine rings is 1. The third kappa shape index (κ3) is 3.35. The molecule has 0 spiro atoms. The summed E-state index contributed by atoms with van der Waals surface area (Å²) in [5.41, 5.74) is 3.55. The maximum Gasteiger partial charge on any atom is 0.0595 e. The average molecular weight is 340 g/mol. The smallest absolute Gasteiger partial charge is 0.0595 e. The summed E-state index contributed by atoms with van der Waals surface area (Å²) in [7, 11) is 0. The zero-order valence-corrected chi connectivity index (χ0v) is 13.3. The highest BCUT2D eigenvalue weighted by atomic mass is 79.9. The first-order valence-electron chi connectivity index (χ1n) is 6.22. The fourth-order valence-corrected chi connectivity index (χ4v) is 2.52. The maximum absolute atomic E-state index is 6.20. The second-order valence-electron chi connectivity index (χ2n) is 4.40. The summed E-state index contributed by atoms with van der Waals surface area (Å²) in [4.78, 5) is 4.23. The minimum atomic E-state index is 0.115. The van der Waals surface area contributed by atoms with Crippen LogP contribution in [0.15, 0.2) is 41.1 Å². The van der Waals surface area contributed by atoms with E-state index in [0.29, 0.717) is 0 Å². The summed E-state index contributed by atoms with van der Waals surface area (Å²) in [6.07, 6.45) is 3.73. The Kier molecular flexibility index (Phi) is 4.97. The van der Waals surface area contributed by atoms with Gasteiger partial charge >= 0.3 is 0 Å². The first kappa shape index (κ1) is 14.5. The number of nitrogens with one attached hydrogen (secondary N) is 1. The molecule has 0 saturated heterocycles. The number of benzene rings is 1. The molecule has 0 radical (unpaired) electrons. The second-order valence-corrected chi connectivity index (χ2v) is 5.66. The van der Waals surface area contributed by atoms with Gasteiger partial charge in [0.1, 0.15) is 0 Å². The van der Waals surface area contributed by atoms with Crippen LogP contribution in [0.3, 0.4) is 0 Å². The van der Waals surface area contributed by atoms with Gasteiger partial charge in [-0.1, -0.05) is 24.6 Å². The molecule has 0 saturated carbocycles. The van der Waals surface area contributed by atoms with Crippen molar-refractivity contribution >= 4 is 27.5 Å². The van der Waals surface area contributed by atoms with E-state index >= 15 is 0 Å². The summed E-state index contributed by atoms with van der Waals surface area (Å²) >= 11 is 9.62. The van der Waals surface area contributed by atoms with Crippen LogP contribution >= 0.6 is 27.5 Å². The fraction of sp³-hybridized carbons (Fsp3) is 0.267. The van der Waals surface area contributed by atoms with Crippen molar-refractivity contribution in [3.8, 4) is 0 Å². The number of hydrogen-bond acceptors (Lipinski definition) is 2. The molecule has 100 valence electrons. The predicted octanol–water partition coefficient (Wildman–Crippen LogP) is 4.50. The Morgan fingerprint density at radius 2 is 2.16 bits per heavy atom. The van der Waals surface area contributed by atoms with Crippen LogP contribution < -0.4 is 5.32 Å². The molecule has 1 N–H and O–H groups in total. The molecule has 0 bridgehead atoms. The van der Waals surface area contributed by atoms with Gasteiger partial charge in [-0.05, 0) is 64.3 Å². The van der Waals surface area contributed by atoms with Crippen LogP contribution in [0.1, 0.15) is 29.7 Å². The highest BCUT2D eigenvalue weighted by Crippen LogP contribution is 2.30. The van der Waals surface area contributed by atoms with Crippen molar-refractivity contribution in [2.75, 3.05) is 6.54 Å². The summed E-state index contributed by atoms with van der Waals surface area (Å²) < 4.78 is 0.913. The molecule has 19 heavy (non-hydrogen) atoms. The Morgan fingerprint density at radius 3 is 2.79 bits per heavy atom. The van der Waals surface area contributed by atoms with Crippen molar-refractivity contribution in [2.24, 2.45) is 0 Å². The molecule has 0 fully saturated rings. The molecule has 1 atom stereocenters. The van der Waals surface area contributed by atoms with E-state index in [1.54, 1.807) is 0 Å². The van der Waals surface area contributed by atoms with Crippen molar-refractivity contribution < 1.29 is 0 Å². The quantitative estimate of drug-likeness (QED) is 0.887. The van der Waals surface area contributed by atoms with Crippen molar-refractivity contribution in [1.29, 1.82) is 0 Å². The zero-order chi connectivity index (χ0) is 13.8. The van der Waals surface area contributed by atoms with Gasteiger partial charge in [0, 0.05) is 16.9 Å². The molecule has 1 unspecified atom stereocenters. The highest BCUT2D eigenvalue weighted by molar-refractivity contribution is 9.10. The van der Waals surface area contributed by atoms with Gasteiger partial charge in [-0.2, -0.15) is 0 Å². The molecule has 0 aliphatic rings. The van der Waals surface area contributed by atoms with Crippen LogP contribution in [0.2, 0.25) is 5.02 Å². The van der Waals surface area contributed by atoms with Crippen LogP contribution in [0.4, 0.5) is 0 Å². The van der Waals surface area contributed by atoms with Crippen LogP contribution in [-0.4, -0.2) is 11.5 Å². The highest BCUT2D eigenvalue weighted by Gasteiger charge is 2.16. The molecule has 1 aromatic heterocycles. The molecule has 2 rings (SSSR count). The third-order valence-electron chi connectivity index (χ3n) is 3.08. The molecule has 1 aromatic carbocycles. The average Bonchev–Trinajstić information content (AvgIpc) is 2.40. The van der Waals surface area contributed by atoms with E-state index in [4.69, 9.17) is 11.6 Å². The van der Waals surface area contributed by atoms with Crippen LogP contribution in [0, 0.1) is 6.92 Å². The lowest BCUT2D eigenvalue weighted by Crippen LogP contribution is -2.23. The van der Waals surface area contributed by atoms with E-state index in [-0.39, 0.29) is 6.04 Å². The first-order valence-corrected chi connectivity index (χ1v) is 7.39. The number of aromatic nitrogens is 1. The first-order chi connectivity index (χ1) is 9.13. The third-order valence-corrected chi connectivity index (χ3v) is 4.31. The van der Waals surface area contributed by atoms with Crippen LogP contribution in [0.5, 0.6) is 0 Å². The topological polar surface area (TPSA) is 24.9 Å². The molecular formula is C15H16BrClN2. The van der Waals surface area contributed by atoms with E-state index in [1.807, 2.05) is 30.6 Å². The Hall–Kier alpha value is -0.900. The van der Waals surface area contributed by atoms with E-state index in [0.717, 1.165) is 21.6 Å². The molecule has 0 aliphatic carbocycles. The Labute approximate surface area is 127 Å². The number of nitrogens with zero attached hydrogens (tertiary/aromatic N) is 1. The molecule has 0 amide bonds. The normalized spacial score (nSPS) is 12.4. The molecular weight excluding hydrogens is 324 g/mol. The minimum absolute atomic E-state index is 0.115. The SMILES string of the molecule is CCNC(c1ccc(Br)c(Cl)c1)c1cnccc1C. The van der Waals surface area contributed by atoms with Gasteiger partial charge in [0.05, 0.1) is 11.1 Å². The molecule has 4 heteroatoms. The maximum atomic E-state index is 6.20. The van der Waals surface area contributed by atoms with E-state index in [9.17, 15) is 0 Å². The Morgan fingerprint density at radius 1 is 1.37 bits per heavy atom. The van der Waals surface area contributed by atoms with Gasteiger partial charge < -0.3 is 5.32 Å². The van der Waals surface area contributed by atoms with Crippen molar-refractivity contribution in [3.63, 3.8) is 0 Å². The minimum Gasteiger partial charge on any atom is -0.306 e. The lowest BCUT2D eigenvalue weighted by molar-refractivity contribution is 0.625. The van der Waals surface area contributed by atoms with E-state index in [1.165, 1.54) is 11.1 Å². The monoisotopic (exact) mass is 338 g/mol. The summed E-state index contributed by atoms with van der Waals surface area (Å²) in [5.74, 6) is 0. The number of aryl methyl sites for hydroxylation is 1. The lowest BCUT2D eigenvalue weighted by Gasteiger charge is -2.21. The standard InChI is InChI=1S/C15H16BrClN2/c1-3-19-15(12-9-18-7-6-10(12)2)11-4-5-13(16)14(17)8-11/h4-9,15,19H,3H2,1-2H3. The van der Waals surface area contributed by atoms with Crippen molar-refractivity contribution in [2.45, 2.75) is 19.9 Å². The summed E-state index contributed by atoms with van der Waals surface area (Å²) in [6.45, 7) is 5.08. The van der Waals surface area contributed by atoms with Crippen LogP contribution in [0.25, 0.3) is 0 Å². The molecule has 0 aliphatic heterocycles. The Bertz CT molecular complexity index is 572. The van der Waals surface area contributed by atoms with Gasteiger partial charge in [-0.25, -0.2) is 0 Å². The van der Waals surface area contributed by atoms with Gasteiger partial charge in [-0.15, -0.1) is 0 Å². The number of halogens is 2. The van der Waals surface area contributed by atoms with Crippen molar-refractivity contribution in [1.82, 2.24) is 10.3 Å². The number of hydrogen-bond donors (Lipinski definition) is 1. The fourth-order valence-electron chi connectivity index (χ4n) is 2.08. The summed E-state index contributed by atoms with van der Waals surface area (Å²) in [6, 6.07) is 8.19. The van der Waals surface area contributed by atoms with Gasteiger partial charge in [0.15, 0.2) is 0 Å². The van der Waals surface area contributed by atoms with Gasteiger partial charge in [0.2, 0.25) is 0 Å².